The Hall–Kier alpha value is -1.74. The molecule has 0 atom stereocenters. The van der Waals surface area contributed by atoms with Crippen molar-refractivity contribution < 1.29 is 13.2 Å². The largest absolute Gasteiger partial charge is 0.405 e. The Balaban J connectivity index is 2.26. The predicted molar refractivity (Wildman–Crippen MR) is 75.0 cm³/mol. The fraction of sp³-hybridized carbons (Fsp3) is 0.533. The fourth-order valence-corrected chi connectivity index (χ4v) is 2.29. The van der Waals surface area contributed by atoms with E-state index in [1.165, 1.54) is 4.90 Å². The van der Waals surface area contributed by atoms with Crippen molar-refractivity contribution in [1.29, 1.82) is 5.26 Å². The second-order valence-corrected chi connectivity index (χ2v) is 5.22. The van der Waals surface area contributed by atoms with Gasteiger partial charge in [-0.1, -0.05) is 13.0 Å². The van der Waals surface area contributed by atoms with Crippen LogP contribution in [0.25, 0.3) is 0 Å². The molecular weight excluding hydrogens is 279 g/mol. The Morgan fingerprint density at radius 3 is 2.62 bits per heavy atom. The minimum atomic E-state index is -4.27. The molecule has 0 aliphatic heterocycles. The third kappa shape index (κ3) is 4.36. The normalized spacial score (nSPS) is 14.8. The molecule has 0 heterocycles. The maximum atomic E-state index is 12.7. The molecule has 1 N–H and O–H groups in total. The number of benzene rings is 1. The minimum absolute atomic E-state index is 0.0988. The zero-order valence-electron chi connectivity index (χ0n) is 11.9. The molecule has 0 saturated heterocycles. The molecule has 0 bridgehead atoms. The first-order chi connectivity index (χ1) is 9.94. The van der Waals surface area contributed by atoms with Crippen molar-refractivity contribution in [3.05, 3.63) is 29.3 Å². The molecule has 0 spiro atoms. The molecule has 1 fully saturated rings. The van der Waals surface area contributed by atoms with Crippen molar-refractivity contribution in [2.75, 3.05) is 18.0 Å². The summed E-state index contributed by atoms with van der Waals surface area (Å²) in [7, 11) is 0. The van der Waals surface area contributed by atoms with Gasteiger partial charge in [0.15, 0.2) is 0 Å². The first-order valence-corrected chi connectivity index (χ1v) is 7.01. The number of halogens is 3. The zero-order chi connectivity index (χ0) is 15.5. The van der Waals surface area contributed by atoms with Crippen molar-refractivity contribution in [1.82, 2.24) is 5.32 Å². The van der Waals surface area contributed by atoms with Crippen LogP contribution in [0, 0.1) is 11.3 Å². The van der Waals surface area contributed by atoms with Crippen LogP contribution < -0.4 is 10.2 Å². The van der Waals surface area contributed by atoms with Crippen LogP contribution >= 0.6 is 0 Å². The Kier molecular flexibility index (Phi) is 4.73. The van der Waals surface area contributed by atoms with E-state index in [1.54, 1.807) is 18.2 Å². The highest BCUT2D eigenvalue weighted by Gasteiger charge is 2.38. The second-order valence-electron chi connectivity index (χ2n) is 5.22. The molecule has 0 radical (unpaired) electrons. The van der Waals surface area contributed by atoms with Crippen molar-refractivity contribution in [3.63, 3.8) is 0 Å². The lowest BCUT2D eigenvalue weighted by Crippen LogP contribution is -2.36. The van der Waals surface area contributed by atoms with Crippen LogP contribution in [0.2, 0.25) is 0 Å². The van der Waals surface area contributed by atoms with Crippen LogP contribution in [-0.2, 0) is 6.54 Å². The summed E-state index contributed by atoms with van der Waals surface area (Å²) in [5, 5.41) is 12.4. The van der Waals surface area contributed by atoms with Gasteiger partial charge in [0.05, 0.1) is 11.3 Å². The van der Waals surface area contributed by atoms with Gasteiger partial charge in [0, 0.05) is 12.6 Å². The van der Waals surface area contributed by atoms with Gasteiger partial charge in [0.2, 0.25) is 0 Å². The minimum Gasteiger partial charge on any atom is -0.358 e. The lowest BCUT2D eigenvalue weighted by Gasteiger charge is -2.27. The van der Waals surface area contributed by atoms with Crippen molar-refractivity contribution in [3.8, 4) is 6.07 Å². The number of hydrogen-bond donors (Lipinski definition) is 1. The standard InChI is InChI=1S/C15H18F3N3/c1-2-20-9-11-3-6-14(12(7-11)8-19)21(13-4-5-13)10-15(16,17)18/h3,6-7,13,20H,2,4-5,9-10H2,1H3. The topological polar surface area (TPSA) is 39.1 Å². The molecule has 0 amide bonds. The van der Waals surface area contributed by atoms with Gasteiger partial charge in [0.25, 0.3) is 0 Å². The van der Waals surface area contributed by atoms with E-state index in [2.05, 4.69) is 5.32 Å². The second kappa shape index (κ2) is 6.35. The molecule has 114 valence electrons. The quantitative estimate of drug-likeness (QED) is 0.876. The summed E-state index contributed by atoms with van der Waals surface area (Å²) in [6.45, 7) is 2.37. The van der Waals surface area contributed by atoms with Crippen LogP contribution in [0.5, 0.6) is 0 Å². The van der Waals surface area contributed by atoms with Gasteiger partial charge in [-0.15, -0.1) is 0 Å². The monoisotopic (exact) mass is 297 g/mol. The highest BCUT2D eigenvalue weighted by molar-refractivity contribution is 5.62. The smallest absolute Gasteiger partial charge is 0.358 e. The Labute approximate surface area is 122 Å². The molecule has 2 rings (SSSR count). The molecule has 1 aromatic carbocycles. The molecule has 1 aliphatic carbocycles. The summed E-state index contributed by atoms with van der Waals surface area (Å²) in [5.74, 6) is 0. The van der Waals surface area contributed by atoms with Gasteiger partial charge in [-0.3, -0.25) is 0 Å². The molecule has 1 aliphatic rings. The van der Waals surface area contributed by atoms with Crippen LogP contribution in [0.15, 0.2) is 18.2 Å². The number of anilines is 1. The fourth-order valence-electron chi connectivity index (χ4n) is 2.29. The van der Waals surface area contributed by atoms with E-state index < -0.39 is 12.7 Å². The van der Waals surface area contributed by atoms with E-state index in [1.807, 2.05) is 13.0 Å². The third-order valence-electron chi connectivity index (χ3n) is 3.41. The summed E-state index contributed by atoms with van der Waals surface area (Å²) in [6, 6.07) is 7.01. The van der Waals surface area contributed by atoms with Gasteiger partial charge >= 0.3 is 6.18 Å². The van der Waals surface area contributed by atoms with E-state index in [0.717, 1.165) is 24.9 Å². The molecule has 1 aromatic rings. The summed E-state index contributed by atoms with van der Waals surface area (Å²) >= 11 is 0. The number of nitrogens with zero attached hydrogens (tertiary/aromatic N) is 2. The van der Waals surface area contributed by atoms with Gasteiger partial charge < -0.3 is 10.2 Å². The molecule has 21 heavy (non-hydrogen) atoms. The molecule has 3 nitrogen and oxygen atoms in total. The van der Waals surface area contributed by atoms with E-state index in [0.29, 0.717) is 17.8 Å². The first-order valence-electron chi connectivity index (χ1n) is 7.01. The molecule has 6 heteroatoms. The average Bonchev–Trinajstić information content (AvgIpc) is 3.26. The van der Waals surface area contributed by atoms with Gasteiger partial charge in [-0.2, -0.15) is 18.4 Å². The highest BCUT2D eigenvalue weighted by Crippen LogP contribution is 2.36. The highest BCUT2D eigenvalue weighted by atomic mass is 19.4. The number of rotatable bonds is 6. The summed E-state index contributed by atoms with van der Waals surface area (Å²) < 4.78 is 38.2. The van der Waals surface area contributed by atoms with Crippen LogP contribution in [0.1, 0.15) is 30.9 Å². The average molecular weight is 297 g/mol. The van der Waals surface area contributed by atoms with Gasteiger partial charge in [-0.25, -0.2) is 0 Å². The van der Waals surface area contributed by atoms with Crippen LogP contribution in [0.4, 0.5) is 18.9 Å². The van der Waals surface area contributed by atoms with Crippen LogP contribution in [-0.4, -0.2) is 25.3 Å². The van der Waals surface area contributed by atoms with E-state index in [-0.39, 0.29) is 6.04 Å². The van der Waals surface area contributed by atoms with E-state index in [4.69, 9.17) is 0 Å². The molecule has 1 saturated carbocycles. The Bertz CT molecular complexity index is 530. The number of alkyl halides is 3. The van der Waals surface area contributed by atoms with Crippen molar-refractivity contribution >= 4 is 5.69 Å². The summed E-state index contributed by atoms with van der Waals surface area (Å²) in [6.07, 6.45) is -2.77. The number of nitriles is 1. The van der Waals surface area contributed by atoms with Gasteiger partial charge in [0.1, 0.15) is 12.6 Å². The molecule has 0 unspecified atom stereocenters. The third-order valence-corrected chi connectivity index (χ3v) is 3.41. The zero-order valence-corrected chi connectivity index (χ0v) is 11.9. The van der Waals surface area contributed by atoms with Crippen molar-refractivity contribution in [2.24, 2.45) is 0 Å². The maximum Gasteiger partial charge on any atom is 0.405 e. The Morgan fingerprint density at radius 1 is 1.38 bits per heavy atom. The maximum absolute atomic E-state index is 12.7. The summed E-state index contributed by atoms with van der Waals surface area (Å²) in [4.78, 5) is 1.32. The van der Waals surface area contributed by atoms with E-state index in [9.17, 15) is 18.4 Å². The predicted octanol–water partition coefficient (Wildman–Crippen LogP) is 3.20. The number of nitrogens with one attached hydrogen (secondary N) is 1. The van der Waals surface area contributed by atoms with Crippen molar-refractivity contribution in [2.45, 2.75) is 38.5 Å². The lowest BCUT2D eigenvalue weighted by molar-refractivity contribution is -0.120. The molecular formula is C15H18F3N3. The van der Waals surface area contributed by atoms with Gasteiger partial charge in [-0.05, 0) is 37.1 Å². The lowest BCUT2D eigenvalue weighted by atomic mass is 10.1. The number of hydrogen-bond acceptors (Lipinski definition) is 3. The SMILES string of the molecule is CCNCc1ccc(N(CC(F)(F)F)C2CC2)c(C#N)c1. The molecule has 0 aromatic heterocycles. The Morgan fingerprint density at radius 2 is 2.10 bits per heavy atom. The van der Waals surface area contributed by atoms with E-state index >= 15 is 0 Å². The first kappa shape index (κ1) is 15.6. The van der Waals surface area contributed by atoms with Crippen LogP contribution in [0.3, 0.4) is 0 Å². The summed E-state index contributed by atoms with van der Waals surface area (Å²) in [5.41, 5.74) is 1.60.